The van der Waals surface area contributed by atoms with Gasteiger partial charge in [0.1, 0.15) is 6.29 Å². The standard InChI is InChI=1S/C21H18N2O2S/c1-21(19(25)23-20-22-9-10-26-20)12-16-8-7-14(13-24)11-17(16)18(21)15-5-3-2-4-6-15/h2-11,13,18H,12H2,1H3,(H,22,23,25)/t18-,21+/m1/s1. The molecular formula is C21H18N2O2S. The van der Waals surface area contributed by atoms with Crippen LogP contribution >= 0.6 is 11.3 Å². The number of carbonyl (C=O) groups is 2. The van der Waals surface area contributed by atoms with Crippen LogP contribution in [0, 0.1) is 5.41 Å². The van der Waals surface area contributed by atoms with Crippen LogP contribution in [0.3, 0.4) is 0 Å². The smallest absolute Gasteiger partial charge is 0.233 e. The maximum absolute atomic E-state index is 13.2. The van der Waals surface area contributed by atoms with Crippen molar-refractivity contribution >= 4 is 28.7 Å². The maximum Gasteiger partial charge on any atom is 0.233 e. The fraction of sp³-hybridized carbons (Fsp3) is 0.190. The average molecular weight is 362 g/mol. The first-order valence-corrected chi connectivity index (χ1v) is 9.33. The van der Waals surface area contributed by atoms with Gasteiger partial charge in [-0.15, -0.1) is 11.3 Å². The van der Waals surface area contributed by atoms with E-state index in [0.717, 1.165) is 23.0 Å². The van der Waals surface area contributed by atoms with E-state index in [1.165, 1.54) is 11.3 Å². The minimum absolute atomic E-state index is 0.0508. The lowest BCUT2D eigenvalue weighted by Crippen LogP contribution is -2.37. The van der Waals surface area contributed by atoms with E-state index in [4.69, 9.17) is 0 Å². The van der Waals surface area contributed by atoms with Crippen LogP contribution in [0.5, 0.6) is 0 Å². The number of amides is 1. The highest BCUT2D eigenvalue weighted by atomic mass is 32.1. The zero-order valence-electron chi connectivity index (χ0n) is 14.3. The Morgan fingerprint density at radius 3 is 2.77 bits per heavy atom. The molecule has 26 heavy (non-hydrogen) atoms. The second-order valence-corrected chi connectivity index (χ2v) is 7.70. The van der Waals surface area contributed by atoms with Crippen LogP contribution in [0.1, 0.15) is 39.9 Å². The normalized spacial score (nSPS) is 21.2. The monoisotopic (exact) mass is 362 g/mol. The Kier molecular flexibility index (Phi) is 4.17. The van der Waals surface area contributed by atoms with Crippen molar-refractivity contribution in [3.8, 4) is 0 Å². The first kappa shape index (κ1) is 16.7. The van der Waals surface area contributed by atoms with Crippen LogP contribution in [0.2, 0.25) is 0 Å². The van der Waals surface area contributed by atoms with Gasteiger partial charge in [-0.25, -0.2) is 4.98 Å². The zero-order valence-corrected chi connectivity index (χ0v) is 15.1. The van der Waals surface area contributed by atoms with Crippen molar-refractivity contribution in [2.45, 2.75) is 19.3 Å². The lowest BCUT2D eigenvalue weighted by molar-refractivity contribution is -0.125. The van der Waals surface area contributed by atoms with Gasteiger partial charge in [0.15, 0.2) is 5.13 Å². The molecule has 0 fully saturated rings. The number of hydrogen-bond acceptors (Lipinski definition) is 4. The Bertz CT molecular complexity index is 953. The second-order valence-electron chi connectivity index (χ2n) is 6.81. The van der Waals surface area contributed by atoms with Crippen LogP contribution in [0.15, 0.2) is 60.1 Å². The van der Waals surface area contributed by atoms with Crippen molar-refractivity contribution in [3.63, 3.8) is 0 Å². The summed E-state index contributed by atoms with van der Waals surface area (Å²) in [6.07, 6.45) is 3.16. The van der Waals surface area contributed by atoms with Gasteiger partial charge >= 0.3 is 0 Å². The highest BCUT2D eigenvalue weighted by Gasteiger charge is 2.48. The van der Waals surface area contributed by atoms with Crippen LogP contribution < -0.4 is 5.32 Å². The quantitative estimate of drug-likeness (QED) is 0.705. The fourth-order valence-corrected chi connectivity index (χ4v) is 4.41. The van der Waals surface area contributed by atoms with Gasteiger partial charge in [-0.3, -0.25) is 9.59 Å². The number of benzene rings is 2. The molecule has 0 unspecified atom stereocenters. The van der Waals surface area contributed by atoms with Crippen LogP contribution in [0.4, 0.5) is 5.13 Å². The summed E-state index contributed by atoms with van der Waals surface area (Å²) in [5.74, 6) is -0.163. The Morgan fingerprint density at radius 1 is 1.27 bits per heavy atom. The van der Waals surface area contributed by atoms with Crippen molar-refractivity contribution < 1.29 is 9.59 Å². The van der Waals surface area contributed by atoms with Gasteiger partial charge in [0.25, 0.3) is 0 Å². The van der Waals surface area contributed by atoms with Crippen molar-refractivity contribution in [3.05, 3.63) is 82.4 Å². The van der Waals surface area contributed by atoms with Gasteiger partial charge in [-0.1, -0.05) is 42.5 Å². The highest BCUT2D eigenvalue weighted by Crippen LogP contribution is 2.51. The average Bonchev–Trinajstić information content (AvgIpc) is 3.27. The minimum Gasteiger partial charge on any atom is -0.301 e. The van der Waals surface area contributed by atoms with Gasteiger partial charge in [-0.2, -0.15) is 0 Å². The van der Waals surface area contributed by atoms with E-state index in [2.05, 4.69) is 10.3 Å². The highest BCUT2D eigenvalue weighted by molar-refractivity contribution is 7.13. The molecule has 1 heterocycles. The van der Waals surface area contributed by atoms with E-state index in [1.54, 1.807) is 6.20 Å². The largest absolute Gasteiger partial charge is 0.301 e. The number of aromatic nitrogens is 1. The third-order valence-electron chi connectivity index (χ3n) is 5.12. The molecule has 1 aromatic heterocycles. The number of hydrogen-bond donors (Lipinski definition) is 1. The van der Waals surface area contributed by atoms with E-state index in [-0.39, 0.29) is 11.8 Å². The summed E-state index contributed by atoms with van der Waals surface area (Å²) < 4.78 is 0. The van der Waals surface area contributed by atoms with Crippen molar-refractivity contribution in [1.29, 1.82) is 0 Å². The summed E-state index contributed by atoms with van der Waals surface area (Å²) in [5.41, 5.74) is 3.22. The summed E-state index contributed by atoms with van der Waals surface area (Å²) in [5, 5.41) is 5.41. The Labute approximate surface area is 155 Å². The Balaban J connectivity index is 1.80. The number of anilines is 1. The number of carbonyl (C=O) groups excluding carboxylic acids is 2. The molecule has 0 radical (unpaired) electrons. The Morgan fingerprint density at radius 2 is 2.08 bits per heavy atom. The molecule has 0 saturated heterocycles. The fourth-order valence-electron chi connectivity index (χ4n) is 3.89. The molecule has 2 aromatic carbocycles. The minimum atomic E-state index is -0.656. The molecule has 3 aromatic rings. The summed E-state index contributed by atoms with van der Waals surface area (Å²) in [6.45, 7) is 1.99. The number of rotatable bonds is 4. The maximum atomic E-state index is 13.2. The number of fused-ring (bicyclic) bond motifs is 1. The molecule has 4 rings (SSSR count). The molecule has 4 nitrogen and oxygen atoms in total. The van der Waals surface area contributed by atoms with E-state index in [9.17, 15) is 9.59 Å². The summed E-state index contributed by atoms with van der Waals surface area (Å²) in [4.78, 5) is 28.7. The first-order chi connectivity index (χ1) is 12.6. The first-order valence-electron chi connectivity index (χ1n) is 8.46. The summed E-state index contributed by atoms with van der Waals surface area (Å²) >= 11 is 1.41. The van der Waals surface area contributed by atoms with E-state index < -0.39 is 5.41 Å². The number of thiazole rings is 1. The number of aldehydes is 1. The molecule has 1 N–H and O–H groups in total. The zero-order chi connectivity index (χ0) is 18.1. The predicted octanol–water partition coefficient (Wildman–Crippen LogP) is 4.29. The molecule has 1 aliphatic rings. The topological polar surface area (TPSA) is 59.1 Å². The Hall–Kier alpha value is -2.79. The van der Waals surface area contributed by atoms with Crippen molar-refractivity contribution in [1.82, 2.24) is 4.98 Å². The van der Waals surface area contributed by atoms with Gasteiger partial charge in [0.05, 0.1) is 5.41 Å². The van der Waals surface area contributed by atoms with Gasteiger partial charge in [0, 0.05) is 23.1 Å². The molecule has 1 aliphatic carbocycles. The van der Waals surface area contributed by atoms with E-state index in [0.29, 0.717) is 17.1 Å². The van der Waals surface area contributed by atoms with E-state index >= 15 is 0 Å². The molecule has 0 bridgehead atoms. The number of nitrogens with zero attached hydrogens (tertiary/aromatic N) is 1. The summed E-state index contributed by atoms with van der Waals surface area (Å²) in [6, 6.07) is 15.7. The molecule has 5 heteroatoms. The molecule has 130 valence electrons. The third-order valence-corrected chi connectivity index (χ3v) is 5.80. The van der Waals surface area contributed by atoms with Gasteiger partial charge in [0.2, 0.25) is 5.91 Å². The SMILES string of the molecule is C[C@]1(C(=O)Nc2nccs2)Cc2ccc(C=O)cc2[C@H]1c1ccccc1. The predicted molar refractivity (Wildman–Crippen MR) is 103 cm³/mol. The van der Waals surface area contributed by atoms with Gasteiger partial charge in [-0.05, 0) is 36.1 Å². The molecule has 0 aliphatic heterocycles. The van der Waals surface area contributed by atoms with Crippen molar-refractivity contribution in [2.75, 3.05) is 5.32 Å². The van der Waals surface area contributed by atoms with Crippen molar-refractivity contribution in [2.24, 2.45) is 5.41 Å². The lowest BCUT2D eigenvalue weighted by atomic mass is 9.73. The third kappa shape index (κ3) is 2.74. The number of nitrogens with one attached hydrogen (secondary N) is 1. The van der Waals surface area contributed by atoms with Crippen LogP contribution in [-0.4, -0.2) is 17.2 Å². The molecule has 2 atom stereocenters. The van der Waals surface area contributed by atoms with Crippen LogP contribution in [-0.2, 0) is 11.2 Å². The van der Waals surface area contributed by atoms with E-state index in [1.807, 2.05) is 60.8 Å². The lowest BCUT2D eigenvalue weighted by Gasteiger charge is -2.31. The van der Waals surface area contributed by atoms with Gasteiger partial charge < -0.3 is 5.32 Å². The second kappa shape index (κ2) is 6.50. The summed E-state index contributed by atoms with van der Waals surface area (Å²) in [7, 11) is 0. The molecule has 1 amide bonds. The molecule has 0 spiro atoms. The van der Waals surface area contributed by atoms with Crippen LogP contribution in [0.25, 0.3) is 0 Å². The molecular weight excluding hydrogens is 344 g/mol. The molecule has 0 saturated carbocycles.